The normalized spacial score (nSPS) is 25.2. The third-order valence-electron chi connectivity index (χ3n) is 4.92. The molecule has 0 bridgehead atoms. The molecule has 3 unspecified atom stereocenters. The van der Waals surface area contributed by atoms with Crippen LogP contribution in [0.1, 0.15) is 78.1 Å². The fourth-order valence-electron chi connectivity index (χ4n) is 3.73. The Hall–Kier alpha value is -0.370. The van der Waals surface area contributed by atoms with Gasteiger partial charge in [0.1, 0.15) is 5.78 Å². The first-order chi connectivity index (χ1) is 9.22. The van der Waals surface area contributed by atoms with Crippen LogP contribution in [0.4, 0.5) is 0 Å². The molecule has 0 aromatic carbocycles. The fourth-order valence-corrected chi connectivity index (χ4v) is 3.73. The summed E-state index contributed by atoms with van der Waals surface area (Å²) in [6, 6.07) is 0. The summed E-state index contributed by atoms with van der Waals surface area (Å²) in [6.45, 7) is 5.23. The summed E-state index contributed by atoms with van der Waals surface area (Å²) < 4.78 is 0. The van der Waals surface area contributed by atoms with E-state index in [0.29, 0.717) is 23.5 Å². The van der Waals surface area contributed by atoms with Crippen molar-refractivity contribution in [3.05, 3.63) is 0 Å². The Kier molecular flexibility index (Phi) is 8.36. The second-order valence-electron chi connectivity index (χ2n) is 6.30. The lowest BCUT2D eigenvalue weighted by molar-refractivity contribution is -0.126. The van der Waals surface area contributed by atoms with Crippen molar-refractivity contribution < 1.29 is 4.79 Å². The average molecular weight is 267 g/mol. The van der Waals surface area contributed by atoms with Crippen LogP contribution in [0, 0.1) is 17.8 Å². The fraction of sp³-hybridized carbons (Fsp3) is 0.941. The van der Waals surface area contributed by atoms with Gasteiger partial charge in [-0.3, -0.25) is 4.79 Å². The molecule has 0 aliphatic heterocycles. The molecule has 1 aliphatic rings. The van der Waals surface area contributed by atoms with E-state index in [1.807, 2.05) is 0 Å². The number of carbonyl (C=O) groups excluding carboxylic acids is 1. The molecule has 0 aromatic heterocycles. The van der Waals surface area contributed by atoms with Crippen molar-refractivity contribution in [2.24, 2.45) is 23.5 Å². The summed E-state index contributed by atoms with van der Waals surface area (Å²) in [5.74, 6) is 2.26. The first kappa shape index (κ1) is 16.7. The highest BCUT2D eigenvalue weighted by Crippen LogP contribution is 2.34. The number of carbonyl (C=O) groups is 1. The maximum Gasteiger partial charge on any atom is 0.136 e. The van der Waals surface area contributed by atoms with Crippen LogP contribution >= 0.6 is 0 Å². The highest BCUT2D eigenvalue weighted by molar-refractivity contribution is 5.81. The summed E-state index contributed by atoms with van der Waals surface area (Å²) in [5.41, 5.74) is 5.67. The monoisotopic (exact) mass is 267 g/mol. The summed E-state index contributed by atoms with van der Waals surface area (Å²) in [7, 11) is 0. The van der Waals surface area contributed by atoms with E-state index in [1.54, 1.807) is 0 Å². The van der Waals surface area contributed by atoms with Gasteiger partial charge in [0.15, 0.2) is 0 Å². The number of hydrogen-bond donors (Lipinski definition) is 1. The van der Waals surface area contributed by atoms with Crippen LogP contribution in [0.15, 0.2) is 0 Å². The van der Waals surface area contributed by atoms with Crippen molar-refractivity contribution in [2.75, 3.05) is 6.54 Å². The molecule has 2 heteroatoms. The first-order valence-corrected chi connectivity index (χ1v) is 8.45. The molecule has 0 saturated heterocycles. The van der Waals surface area contributed by atoms with E-state index in [4.69, 9.17) is 5.73 Å². The zero-order chi connectivity index (χ0) is 14.1. The van der Waals surface area contributed by atoms with E-state index < -0.39 is 0 Å². The van der Waals surface area contributed by atoms with Gasteiger partial charge in [-0.2, -0.15) is 0 Å². The zero-order valence-corrected chi connectivity index (χ0v) is 13.0. The second kappa shape index (κ2) is 9.52. The molecular formula is C17H33NO. The summed E-state index contributed by atoms with van der Waals surface area (Å²) >= 11 is 0. The van der Waals surface area contributed by atoms with E-state index in [0.717, 1.165) is 32.2 Å². The molecule has 1 rings (SSSR count). The molecule has 0 aromatic rings. The van der Waals surface area contributed by atoms with E-state index in [-0.39, 0.29) is 0 Å². The molecule has 112 valence electrons. The highest BCUT2D eigenvalue weighted by atomic mass is 16.1. The van der Waals surface area contributed by atoms with Crippen LogP contribution in [-0.2, 0) is 4.79 Å². The Morgan fingerprint density at radius 2 is 1.89 bits per heavy atom. The van der Waals surface area contributed by atoms with Gasteiger partial charge < -0.3 is 5.73 Å². The molecule has 1 aliphatic carbocycles. The maximum atomic E-state index is 12.4. The zero-order valence-electron chi connectivity index (χ0n) is 13.0. The highest BCUT2D eigenvalue weighted by Gasteiger charge is 2.29. The predicted octanol–water partition coefficient (Wildman–Crippen LogP) is 4.32. The largest absolute Gasteiger partial charge is 0.330 e. The summed E-state index contributed by atoms with van der Waals surface area (Å²) in [6.07, 6.45) is 11.6. The van der Waals surface area contributed by atoms with Gasteiger partial charge in [-0.15, -0.1) is 0 Å². The third kappa shape index (κ3) is 5.64. The van der Waals surface area contributed by atoms with Crippen molar-refractivity contribution >= 4 is 5.78 Å². The summed E-state index contributed by atoms with van der Waals surface area (Å²) in [5, 5.41) is 0. The third-order valence-corrected chi connectivity index (χ3v) is 4.92. The van der Waals surface area contributed by atoms with Crippen LogP contribution in [0.3, 0.4) is 0 Å². The Morgan fingerprint density at radius 1 is 1.16 bits per heavy atom. The van der Waals surface area contributed by atoms with Crippen molar-refractivity contribution in [3.63, 3.8) is 0 Å². The molecule has 1 fully saturated rings. The average Bonchev–Trinajstić information content (AvgIpc) is 2.44. The molecule has 19 heavy (non-hydrogen) atoms. The molecule has 0 radical (unpaired) electrons. The minimum absolute atomic E-state index is 0.374. The molecule has 0 heterocycles. The molecule has 2 nitrogen and oxygen atoms in total. The van der Waals surface area contributed by atoms with Crippen LogP contribution < -0.4 is 5.73 Å². The minimum Gasteiger partial charge on any atom is -0.330 e. The number of hydrogen-bond acceptors (Lipinski definition) is 2. The van der Waals surface area contributed by atoms with Crippen LogP contribution in [0.2, 0.25) is 0 Å². The van der Waals surface area contributed by atoms with Crippen LogP contribution in [0.25, 0.3) is 0 Å². The Balaban J connectivity index is 2.39. The number of rotatable bonds is 9. The van der Waals surface area contributed by atoms with Gasteiger partial charge in [0, 0.05) is 12.3 Å². The Bertz CT molecular complexity index is 246. The Morgan fingerprint density at radius 3 is 2.53 bits per heavy atom. The van der Waals surface area contributed by atoms with Gasteiger partial charge >= 0.3 is 0 Å². The molecule has 3 atom stereocenters. The van der Waals surface area contributed by atoms with Gasteiger partial charge in [-0.05, 0) is 44.1 Å². The standard InChI is InChI=1S/C17H33NO/c1-3-7-14(12-13-18)10-11-17(19)16-9-6-5-8-15(16)4-2/h14-16H,3-13,18H2,1-2H3. The predicted molar refractivity (Wildman–Crippen MR) is 82.0 cm³/mol. The number of ketones is 1. The lowest BCUT2D eigenvalue weighted by Crippen LogP contribution is -2.27. The number of Topliss-reactive ketones (excluding diaryl/α,β-unsaturated/α-hetero) is 1. The van der Waals surface area contributed by atoms with Gasteiger partial charge in [-0.1, -0.05) is 46.0 Å². The number of nitrogens with two attached hydrogens (primary N) is 1. The smallest absolute Gasteiger partial charge is 0.136 e. The van der Waals surface area contributed by atoms with E-state index >= 15 is 0 Å². The van der Waals surface area contributed by atoms with Gasteiger partial charge in [-0.25, -0.2) is 0 Å². The molecule has 0 amide bonds. The SMILES string of the molecule is CCCC(CCN)CCC(=O)C1CCCCC1CC. The maximum absolute atomic E-state index is 12.4. The van der Waals surface area contributed by atoms with E-state index in [2.05, 4.69) is 13.8 Å². The Labute approximate surface area is 119 Å². The molecule has 1 saturated carbocycles. The van der Waals surface area contributed by atoms with E-state index in [1.165, 1.54) is 38.5 Å². The lowest BCUT2D eigenvalue weighted by atomic mass is 9.74. The van der Waals surface area contributed by atoms with Crippen molar-refractivity contribution in [1.82, 2.24) is 0 Å². The van der Waals surface area contributed by atoms with Crippen molar-refractivity contribution in [1.29, 1.82) is 0 Å². The van der Waals surface area contributed by atoms with Crippen LogP contribution in [-0.4, -0.2) is 12.3 Å². The van der Waals surface area contributed by atoms with E-state index in [9.17, 15) is 4.79 Å². The second-order valence-corrected chi connectivity index (χ2v) is 6.30. The lowest BCUT2D eigenvalue weighted by Gasteiger charge is -2.30. The van der Waals surface area contributed by atoms with Gasteiger partial charge in [0.05, 0.1) is 0 Å². The molecule has 0 spiro atoms. The summed E-state index contributed by atoms with van der Waals surface area (Å²) in [4.78, 5) is 12.4. The van der Waals surface area contributed by atoms with Gasteiger partial charge in [0.2, 0.25) is 0 Å². The quantitative estimate of drug-likeness (QED) is 0.676. The van der Waals surface area contributed by atoms with Gasteiger partial charge in [0.25, 0.3) is 0 Å². The van der Waals surface area contributed by atoms with Crippen molar-refractivity contribution in [2.45, 2.75) is 78.1 Å². The topological polar surface area (TPSA) is 43.1 Å². The minimum atomic E-state index is 0.374. The van der Waals surface area contributed by atoms with Crippen molar-refractivity contribution in [3.8, 4) is 0 Å². The van der Waals surface area contributed by atoms with Crippen LogP contribution in [0.5, 0.6) is 0 Å². The first-order valence-electron chi connectivity index (χ1n) is 8.45. The molecule has 2 N–H and O–H groups in total. The molecular weight excluding hydrogens is 234 g/mol.